The van der Waals surface area contributed by atoms with E-state index in [1.54, 1.807) is 0 Å². The van der Waals surface area contributed by atoms with Gasteiger partial charge >= 0.3 is 0 Å². The highest BCUT2D eigenvalue weighted by atomic mass is 35.5. The maximum atomic E-state index is 6.53. The standard InChI is InChI=1S/C21H29ClN6OS/c1-21(2,3)30(4,5)29-13-14-11-28(19-17(14)18(22)25-20(23)26-19)12-15-16-7-6-9-27(16)10-8-24-15/h6-10,14H,11-13H2,1-5H3,(H2,23,25,26). The normalized spacial score (nSPS) is 17.5. The first-order valence-corrected chi connectivity index (χ1v) is 12.7. The number of halogens is 1. The molecule has 0 amide bonds. The zero-order valence-electron chi connectivity index (χ0n) is 18.1. The first-order valence-electron chi connectivity index (χ1n) is 9.92. The number of nitrogen functional groups attached to an aromatic ring is 1. The molecular formula is C21H29ClN6OS. The molecule has 9 heteroatoms. The summed E-state index contributed by atoms with van der Waals surface area (Å²) < 4.78 is 8.62. The minimum Gasteiger partial charge on any atom is -0.368 e. The molecule has 0 saturated heterocycles. The van der Waals surface area contributed by atoms with Gasteiger partial charge in [0.2, 0.25) is 5.95 Å². The SMILES string of the molecule is CC(C)(C)S(C)(C)OCC1CN(Cc2nccn3cccc23)c2nc(N)nc(Cl)c21. The number of aromatic nitrogens is 4. The van der Waals surface area contributed by atoms with Gasteiger partial charge in [-0.05, 0) is 24.6 Å². The molecule has 4 heterocycles. The van der Waals surface area contributed by atoms with Crippen LogP contribution in [0.3, 0.4) is 0 Å². The molecule has 0 aliphatic carbocycles. The van der Waals surface area contributed by atoms with Crippen molar-refractivity contribution in [2.24, 2.45) is 0 Å². The Balaban J connectivity index is 1.64. The number of rotatable bonds is 5. The Morgan fingerprint density at radius 1 is 1.27 bits per heavy atom. The lowest BCUT2D eigenvalue weighted by molar-refractivity contribution is 0.321. The van der Waals surface area contributed by atoms with Gasteiger partial charge in [0.1, 0.15) is 11.0 Å². The average Bonchev–Trinajstić information content (AvgIpc) is 3.25. The monoisotopic (exact) mass is 448 g/mol. The van der Waals surface area contributed by atoms with Gasteiger partial charge < -0.3 is 19.2 Å². The van der Waals surface area contributed by atoms with Crippen LogP contribution < -0.4 is 10.6 Å². The predicted octanol–water partition coefficient (Wildman–Crippen LogP) is 4.26. The first kappa shape index (κ1) is 21.2. The van der Waals surface area contributed by atoms with E-state index in [-0.39, 0.29) is 16.6 Å². The lowest BCUT2D eigenvalue weighted by Crippen LogP contribution is -2.28. The maximum absolute atomic E-state index is 6.53. The molecular weight excluding hydrogens is 420 g/mol. The minimum atomic E-state index is -1.25. The molecule has 3 aromatic heterocycles. The number of nitrogens with two attached hydrogens (primary N) is 1. The number of fused-ring (bicyclic) bond motifs is 2. The van der Waals surface area contributed by atoms with E-state index in [2.05, 4.69) is 63.6 Å². The molecule has 1 unspecified atom stereocenters. The molecule has 0 saturated carbocycles. The van der Waals surface area contributed by atoms with Gasteiger partial charge in [0.05, 0.1) is 24.4 Å². The Kier molecular flexibility index (Phi) is 5.36. The third-order valence-corrected chi connectivity index (χ3v) is 9.92. The van der Waals surface area contributed by atoms with Crippen LogP contribution in [0.1, 0.15) is 37.9 Å². The zero-order chi connectivity index (χ0) is 21.7. The molecule has 1 aliphatic rings. The molecule has 0 bridgehead atoms. The molecule has 30 heavy (non-hydrogen) atoms. The van der Waals surface area contributed by atoms with E-state index >= 15 is 0 Å². The second-order valence-electron chi connectivity index (χ2n) is 8.99. The van der Waals surface area contributed by atoms with Crippen LogP contribution in [-0.2, 0) is 10.7 Å². The molecule has 3 aromatic rings. The van der Waals surface area contributed by atoms with Gasteiger partial charge in [0.25, 0.3) is 0 Å². The largest absolute Gasteiger partial charge is 0.368 e. The van der Waals surface area contributed by atoms with Crippen molar-refractivity contribution in [1.82, 2.24) is 19.4 Å². The summed E-state index contributed by atoms with van der Waals surface area (Å²) in [5.74, 6) is 1.04. The molecule has 0 spiro atoms. The number of nitrogens with zero attached hydrogens (tertiary/aromatic N) is 5. The van der Waals surface area contributed by atoms with Gasteiger partial charge in [0.15, 0.2) is 0 Å². The molecule has 1 aliphatic heterocycles. The summed E-state index contributed by atoms with van der Waals surface area (Å²) in [5.41, 5.74) is 8.89. The summed E-state index contributed by atoms with van der Waals surface area (Å²) in [5, 5.41) is 0.408. The highest BCUT2D eigenvalue weighted by Crippen LogP contribution is 2.55. The second-order valence-corrected chi connectivity index (χ2v) is 13.3. The summed E-state index contributed by atoms with van der Waals surface area (Å²) in [4.78, 5) is 15.5. The third-order valence-electron chi connectivity index (χ3n) is 5.96. The van der Waals surface area contributed by atoms with E-state index in [1.165, 1.54) is 0 Å². The Bertz CT molecular complexity index is 1080. The fraction of sp³-hybridized carbons (Fsp3) is 0.476. The van der Waals surface area contributed by atoms with Crippen molar-refractivity contribution in [3.8, 4) is 0 Å². The van der Waals surface area contributed by atoms with Crippen LogP contribution in [-0.4, -0.2) is 49.8 Å². The summed E-state index contributed by atoms with van der Waals surface area (Å²) in [6, 6.07) is 4.08. The second kappa shape index (κ2) is 7.59. The highest BCUT2D eigenvalue weighted by molar-refractivity contribution is 8.29. The van der Waals surface area contributed by atoms with Gasteiger partial charge in [-0.25, -0.2) is 4.98 Å². The van der Waals surface area contributed by atoms with Gasteiger partial charge in [-0.1, -0.05) is 32.4 Å². The quantitative estimate of drug-likeness (QED) is 0.587. The number of anilines is 2. The Morgan fingerprint density at radius 3 is 2.77 bits per heavy atom. The lowest BCUT2D eigenvalue weighted by atomic mass is 10.1. The van der Waals surface area contributed by atoms with E-state index in [9.17, 15) is 0 Å². The molecule has 2 N–H and O–H groups in total. The molecule has 0 radical (unpaired) electrons. The van der Waals surface area contributed by atoms with Gasteiger partial charge in [-0.15, -0.1) is 10.3 Å². The predicted molar refractivity (Wildman–Crippen MR) is 126 cm³/mol. The van der Waals surface area contributed by atoms with E-state index in [4.69, 9.17) is 21.5 Å². The van der Waals surface area contributed by atoms with Crippen molar-refractivity contribution in [2.45, 2.75) is 38.0 Å². The highest BCUT2D eigenvalue weighted by Gasteiger charge is 2.36. The van der Waals surface area contributed by atoms with Gasteiger partial charge in [0, 0.05) is 41.4 Å². The van der Waals surface area contributed by atoms with E-state index in [1.807, 2.05) is 24.7 Å². The van der Waals surface area contributed by atoms with Crippen molar-refractivity contribution in [1.29, 1.82) is 0 Å². The van der Waals surface area contributed by atoms with E-state index < -0.39 is 10.3 Å². The molecule has 7 nitrogen and oxygen atoms in total. The first-order chi connectivity index (χ1) is 14.1. The van der Waals surface area contributed by atoms with Crippen molar-refractivity contribution in [3.63, 3.8) is 0 Å². The van der Waals surface area contributed by atoms with Gasteiger partial charge in [-0.3, -0.25) is 4.98 Å². The molecule has 0 aromatic carbocycles. The van der Waals surface area contributed by atoms with Crippen LogP contribution >= 0.6 is 21.9 Å². The number of hydrogen-bond donors (Lipinski definition) is 1. The van der Waals surface area contributed by atoms with Gasteiger partial charge in [-0.2, -0.15) is 4.98 Å². The summed E-state index contributed by atoms with van der Waals surface area (Å²) in [6.45, 7) is 8.57. The van der Waals surface area contributed by atoms with Crippen molar-refractivity contribution < 1.29 is 4.18 Å². The lowest BCUT2D eigenvalue weighted by Gasteiger charge is -2.44. The van der Waals surface area contributed by atoms with Crippen molar-refractivity contribution in [2.75, 3.05) is 36.3 Å². The number of hydrogen-bond acceptors (Lipinski definition) is 6. The zero-order valence-corrected chi connectivity index (χ0v) is 19.7. The molecule has 162 valence electrons. The Labute approximate surface area is 184 Å². The van der Waals surface area contributed by atoms with Crippen LogP contribution in [0.4, 0.5) is 11.8 Å². The summed E-state index contributed by atoms with van der Waals surface area (Å²) in [7, 11) is -1.25. The summed E-state index contributed by atoms with van der Waals surface area (Å²) in [6.07, 6.45) is 10.2. The van der Waals surface area contributed by atoms with E-state index in [0.717, 1.165) is 29.1 Å². The topological polar surface area (TPSA) is 81.6 Å². The van der Waals surface area contributed by atoms with Crippen LogP contribution in [0.15, 0.2) is 30.7 Å². The minimum absolute atomic E-state index is 0.0775. The smallest absolute Gasteiger partial charge is 0.223 e. The average molecular weight is 449 g/mol. The maximum Gasteiger partial charge on any atom is 0.223 e. The van der Waals surface area contributed by atoms with Crippen LogP contribution in [0, 0.1) is 0 Å². The molecule has 4 rings (SSSR count). The fourth-order valence-electron chi connectivity index (χ4n) is 3.52. The third kappa shape index (κ3) is 3.84. The van der Waals surface area contributed by atoms with Crippen molar-refractivity contribution in [3.05, 3.63) is 47.1 Å². The Morgan fingerprint density at radius 2 is 2.03 bits per heavy atom. The van der Waals surface area contributed by atoms with Crippen LogP contribution in [0.25, 0.3) is 5.52 Å². The Hall–Kier alpha value is -2.03. The molecule has 0 fully saturated rings. The fourth-order valence-corrected chi connectivity index (χ4v) is 4.70. The van der Waals surface area contributed by atoms with Crippen LogP contribution in [0.2, 0.25) is 5.15 Å². The summed E-state index contributed by atoms with van der Waals surface area (Å²) >= 11 is 6.53. The molecule has 1 atom stereocenters. The van der Waals surface area contributed by atoms with Crippen molar-refractivity contribution >= 4 is 39.2 Å². The van der Waals surface area contributed by atoms with E-state index in [0.29, 0.717) is 18.3 Å². The van der Waals surface area contributed by atoms with Crippen LogP contribution in [0.5, 0.6) is 0 Å².